The highest BCUT2D eigenvalue weighted by atomic mass is 16.5. The zero-order chi connectivity index (χ0) is 13.5. The maximum absolute atomic E-state index is 11.3. The third kappa shape index (κ3) is 4.57. The summed E-state index contributed by atoms with van der Waals surface area (Å²) in [6.07, 6.45) is 3.15. The molecule has 0 saturated heterocycles. The van der Waals surface area contributed by atoms with E-state index in [-0.39, 0.29) is 18.6 Å². The van der Waals surface area contributed by atoms with Crippen molar-refractivity contribution in [1.29, 1.82) is 0 Å². The lowest BCUT2D eigenvalue weighted by Gasteiger charge is -2.17. The van der Waals surface area contributed by atoms with Gasteiger partial charge in [0.1, 0.15) is 6.54 Å². The summed E-state index contributed by atoms with van der Waals surface area (Å²) in [4.78, 5) is 21.3. The van der Waals surface area contributed by atoms with Gasteiger partial charge in [0.2, 0.25) is 5.88 Å². The molecule has 6 heteroatoms. The first-order valence-corrected chi connectivity index (χ1v) is 5.88. The van der Waals surface area contributed by atoms with E-state index in [9.17, 15) is 4.79 Å². The monoisotopic (exact) mass is 253 g/mol. The van der Waals surface area contributed by atoms with Gasteiger partial charge in [-0.25, -0.2) is 0 Å². The molecule has 1 aromatic rings. The van der Waals surface area contributed by atoms with Crippen LogP contribution >= 0.6 is 0 Å². The van der Waals surface area contributed by atoms with Gasteiger partial charge < -0.3 is 14.4 Å². The van der Waals surface area contributed by atoms with E-state index in [4.69, 9.17) is 9.47 Å². The molecule has 0 unspecified atom stereocenters. The predicted octanol–water partition coefficient (Wildman–Crippen LogP) is 1.26. The van der Waals surface area contributed by atoms with E-state index >= 15 is 0 Å². The van der Waals surface area contributed by atoms with Gasteiger partial charge in [0.05, 0.1) is 25.1 Å². The van der Waals surface area contributed by atoms with E-state index in [0.29, 0.717) is 18.3 Å². The summed E-state index contributed by atoms with van der Waals surface area (Å²) in [5.74, 6) is 0.719. The molecule has 0 spiro atoms. The van der Waals surface area contributed by atoms with Crippen LogP contribution in [0.5, 0.6) is 5.88 Å². The van der Waals surface area contributed by atoms with Crippen molar-refractivity contribution in [1.82, 2.24) is 9.97 Å². The van der Waals surface area contributed by atoms with Crippen LogP contribution < -0.4 is 9.64 Å². The second-order valence-corrected chi connectivity index (χ2v) is 4.04. The minimum absolute atomic E-state index is 0.0323. The van der Waals surface area contributed by atoms with E-state index < -0.39 is 0 Å². The van der Waals surface area contributed by atoms with E-state index in [1.807, 2.05) is 13.8 Å². The van der Waals surface area contributed by atoms with Gasteiger partial charge in [-0.05, 0) is 20.8 Å². The predicted molar refractivity (Wildman–Crippen MR) is 67.7 cm³/mol. The van der Waals surface area contributed by atoms with Gasteiger partial charge in [-0.15, -0.1) is 0 Å². The molecule has 18 heavy (non-hydrogen) atoms. The molecule has 0 aromatic carbocycles. The van der Waals surface area contributed by atoms with Gasteiger partial charge in [-0.2, -0.15) is 4.98 Å². The molecule has 0 atom stereocenters. The largest absolute Gasteiger partial charge is 0.474 e. The summed E-state index contributed by atoms with van der Waals surface area (Å²) in [5.41, 5.74) is 0. The van der Waals surface area contributed by atoms with Crippen molar-refractivity contribution < 1.29 is 14.3 Å². The van der Waals surface area contributed by atoms with Crippen LogP contribution in [0.2, 0.25) is 0 Å². The standard InChI is InChI=1S/C12H19N3O3/c1-5-17-12(16)8-15(4)10-6-13-7-11(14-10)18-9(2)3/h6-7,9H,5,8H2,1-4H3. The third-order valence-corrected chi connectivity index (χ3v) is 2.02. The number of likely N-dealkylation sites (N-methyl/N-ethyl adjacent to an activating group) is 1. The molecule has 0 N–H and O–H groups in total. The lowest BCUT2D eigenvalue weighted by Crippen LogP contribution is -2.28. The molecule has 0 amide bonds. The van der Waals surface area contributed by atoms with Crippen LogP contribution in [0.25, 0.3) is 0 Å². The fraction of sp³-hybridized carbons (Fsp3) is 0.583. The maximum Gasteiger partial charge on any atom is 0.325 e. The molecule has 0 aliphatic carbocycles. The molecular weight excluding hydrogens is 234 g/mol. The first-order valence-electron chi connectivity index (χ1n) is 5.88. The first kappa shape index (κ1) is 14.2. The minimum Gasteiger partial charge on any atom is -0.474 e. The Bertz CT molecular complexity index is 396. The number of esters is 1. The number of nitrogens with zero attached hydrogens (tertiary/aromatic N) is 3. The number of aromatic nitrogens is 2. The topological polar surface area (TPSA) is 64.5 Å². The average Bonchev–Trinajstić information content (AvgIpc) is 2.28. The molecule has 0 bridgehead atoms. The van der Waals surface area contributed by atoms with Crippen LogP contribution in [0, 0.1) is 0 Å². The number of rotatable bonds is 6. The van der Waals surface area contributed by atoms with Crippen molar-refractivity contribution >= 4 is 11.8 Å². The van der Waals surface area contributed by atoms with Crippen molar-refractivity contribution in [3.8, 4) is 5.88 Å². The highest BCUT2D eigenvalue weighted by Crippen LogP contribution is 2.13. The Morgan fingerprint density at radius 1 is 1.44 bits per heavy atom. The number of carbonyl (C=O) groups excluding carboxylic acids is 1. The number of hydrogen-bond acceptors (Lipinski definition) is 6. The Kier molecular flexibility index (Phi) is 5.35. The number of anilines is 1. The summed E-state index contributed by atoms with van der Waals surface area (Å²) in [5, 5.41) is 0. The zero-order valence-corrected chi connectivity index (χ0v) is 11.2. The van der Waals surface area contributed by atoms with Crippen molar-refractivity contribution in [2.24, 2.45) is 0 Å². The van der Waals surface area contributed by atoms with Gasteiger partial charge in [0.25, 0.3) is 0 Å². The number of ether oxygens (including phenoxy) is 2. The van der Waals surface area contributed by atoms with E-state index in [2.05, 4.69) is 9.97 Å². The zero-order valence-electron chi connectivity index (χ0n) is 11.2. The molecule has 1 aromatic heterocycles. The van der Waals surface area contributed by atoms with Gasteiger partial charge >= 0.3 is 5.97 Å². The second-order valence-electron chi connectivity index (χ2n) is 4.04. The molecule has 1 heterocycles. The molecular formula is C12H19N3O3. The fourth-order valence-electron chi connectivity index (χ4n) is 1.30. The van der Waals surface area contributed by atoms with E-state index in [0.717, 1.165) is 0 Å². The molecule has 0 saturated carbocycles. The Hall–Kier alpha value is -1.85. The minimum atomic E-state index is -0.294. The third-order valence-electron chi connectivity index (χ3n) is 2.02. The van der Waals surface area contributed by atoms with E-state index in [1.54, 1.807) is 31.3 Å². The highest BCUT2D eigenvalue weighted by Gasteiger charge is 2.11. The smallest absolute Gasteiger partial charge is 0.325 e. The van der Waals surface area contributed by atoms with Crippen LogP contribution in [0.3, 0.4) is 0 Å². The summed E-state index contributed by atoms with van der Waals surface area (Å²) in [6.45, 7) is 6.10. The molecule has 0 fully saturated rings. The van der Waals surface area contributed by atoms with Crippen molar-refractivity contribution in [3.05, 3.63) is 12.4 Å². The summed E-state index contributed by atoms with van der Waals surface area (Å²) < 4.78 is 10.3. The average molecular weight is 253 g/mol. The summed E-state index contributed by atoms with van der Waals surface area (Å²) in [6, 6.07) is 0. The molecule has 0 aliphatic rings. The molecule has 1 rings (SSSR count). The highest BCUT2D eigenvalue weighted by molar-refractivity contribution is 5.75. The Morgan fingerprint density at radius 3 is 2.78 bits per heavy atom. The normalized spacial score (nSPS) is 10.3. The summed E-state index contributed by atoms with van der Waals surface area (Å²) >= 11 is 0. The van der Waals surface area contributed by atoms with Crippen LogP contribution in [-0.2, 0) is 9.53 Å². The molecule has 0 aliphatic heterocycles. The molecule has 100 valence electrons. The van der Waals surface area contributed by atoms with Crippen LogP contribution in [0.1, 0.15) is 20.8 Å². The quantitative estimate of drug-likeness (QED) is 0.711. The Morgan fingerprint density at radius 2 is 2.17 bits per heavy atom. The SMILES string of the molecule is CCOC(=O)CN(C)c1cncc(OC(C)C)n1. The lowest BCUT2D eigenvalue weighted by atomic mass is 10.5. The van der Waals surface area contributed by atoms with Gasteiger partial charge in [0, 0.05) is 7.05 Å². The number of hydrogen-bond donors (Lipinski definition) is 0. The van der Waals surface area contributed by atoms with Gasteiger partial charge in [0.15, 0.2) is 5.82 Å². The Labute approximate surface area is 107 Å². The second kappa shape index (κ2) is 6.78. The van der Waals surface area contributed by atoms with Crippen molar-refractivity contribution in [2.75, 3.05) is 25.1 Å². The lowest BCUT2D eigenvalue weighted by molar-refractivity contribution is -0.141. The maximum atomic E-state index is 11.3. The van der Waals surface area contributed by atoms with Crippen LogP contribution in [0.4, 0.5) is 5.82 Å². The van der Waals surface area contributed by atoms with Gasteiger partial charge in [-0.3, -0.25) is 9.78 Å². The van der Waals surface area contributed by atoms with Gasteiger partial charge in [-0.1, -0.05) is 0 Å². The molecule has 0 radical (unpaired) electrons. The Balaban J connectivity index is 2.67. The summed E-state index contributed by atoms with van der Waals surface area (Å²) in [7, 11) is 1.75. The van der Waals surface area contributed by atoms with Crippen LogP contribution in [0.15, 0.2) is 12.4 Å². The van der Waals surface area contributed by atoms with Crippen LogP contribution in [-0.4, -0.2) is 42.2 Å². The van der Waals surface area contributed by atoms with Crippen molar-refractivity contribution in [2.45, 2.75) is 26.9 Å². The molecule has 6 nitrogen and oxygen atoms in total. The van der Waals surface area contributed by atoms with Crippen molar-refractivity contribution in [3.63, 3.8) is 0 Å². The van der Waals surface area contributed by atoms with E-state index in [1.165, 1.54) is 0 Å². The number of carbonyl (C=O) groups is 1. The fourth-order valence-corrected chi connectivity index (χ4v) is 1.30. The first-order chi connectivity index (χ1) is 8.52.